The third kappa shape index (κ3) is 6.46. The molecular weight excluding hydrogens is 236 g/mol. The van der Waals surface area contributed by atoms with Gasteiger partial charge in [-0.05, 0) is 37.7 Å². The van der Waals surface area contributed by atoms with Gasteiger partial charge in [0.05, 0.1) is 18.5 Å². The van der Waals surface area contributed by atoms with Crippen molar-refractivity contribution in [3.8, 4) is 5.88 Å². The van der Waals surface area contributed by atoms with Gasteiger partial charge in [0, 0.05) is 12.1 Å². The molecule has 1 N–H and O–H groups in total. The van der Waals surface area contributed by atoms with E-state index in [1.165, 1.54) is 12.8 Å². The van der Waals surface area contributed by atoms with Crippen LogP contribution in [0.3, 0.4) is 0 Å². The van der Waals surface area contributed by atoms with Crippen LogP contribution < -0.4 is 10.1 Å². The van der Waals surface area contributed by atoms with Gasteiger partial charge in [-0.25, -0.2) is 4.98 Å². The summed E-state index contributed by atoms with van der Waals surface area (Å²) in [4.78, 5) is 4.30. The zero-order valence-electron chi connectivity index (χ0n) is 12.9. The second kappa shape index (κ2) is 8.03. The largest absolute Gasteiger partial charge is 0.478 e. The number of aromatic nitrogens is 1. The maximum Gasteiger partial charge on any atom is 0.213 e. The summed E-state index contributed by atoms with van der Waals surface area (Å²) in [6, 6.07) is 4.49. The standard InChI is InChI=1S/C16H28N2O/c1-6-19-16-8-7-14(11-17-16)18-15(9-12(2)3)10-13(4)5/h7-8,11-13,15,18H,6,9-10H2,1-5H3. The molecule has 0 spiro atoms. The molecular formula is C16H28N2O. The van der Waals surface area contributed by atoms with E-state index < -0.39 is 0 Å². The lowest BCUT2D eigenvalue weighted by molar-refractivity contribution is 0.327. The van der Waals surface area contributed by atoms with Gasteiger partial charge in [-0.3, -0.25) is 0 Å². The highest BCUT2D eigenvalue weighted by Gasteiger charge is 2.13. The molecule has 1 aromatic rings. The summed E-state index contributed by atoms with van der Waals surface area (Å²) in [5, 5.41) is 3.59. The molecule has 0 saturated heterocycles. The molecule has 1 heterocycles. The minimum atomic E-state index is 0.514. The van der Waals surface area contributed by atoms with Crippen molar-refractivity contribution in [1.29, 1.82) is 0 Å². The van der Waals surface area contributed by atoms with Gasteiger partial charge in [0.25, 0.3) is 0 Å². The van der Waals surface area contributed by atoms with Crippen molar-refractivity contribution in [2.24, 2.45) is 11.8 Å². The van der Waals surface area contributed by atoms with Crippen LogP contribution in [0.4, 0.5) is 5.69 Å². The van der Waals surface area contributed by atoms with Gasteiger partial charge in [-0.15, -0.1) is 0 Å². The Morgan fingerprint density at radius 2 is 1.74 bits per heavy atom. The van der Waals surface area contributed by atoms with E-state index in [0.717, 1.165) is 5.69 Å². The zero-order valence-corrected chi connectivity index (χ0v) is 12.9. The smallest absolute Gasteiger partial charge is 0.213 e. The second-order valence-electron chi connectivity index (χ2n) is 5.92. The lowest BCUT2D eigenvalue weighted by Crippen LogP contribution is -2.23. The summed E-state index contributed by atoms with van der Waals surface area (Å²) in [5.74, 6) is 2.09. The van der Waals surface area contributed by atoms with Crippen molar-refractivity contribution in [1.82, 2.24) is 4.98 Å². The van der Waals surface area contributed by atoms with Crippen molar-refractivity contribution in [3.05, 3.63) is 18.3 Å². The van der Waals surface area contributed by atoms with Crippen LogP contribution in [0.15, 0.2) is 18.3 Å². The van der Waals surface area contributed by atoms with Crippen LogP contribution in [-0.4, -0.2) is 17.6 Å². The van der Waals surface area contributed by atoms with E-state index in [1.807, 2.05) is 25.3 Å². The van der Waals surface area contributed by atoms with Gasteiger partial charge < -0.3 is 10.1 Å². The van der Waals surface area contributed by atoms with Crippen molar-refractivity contribution in [3.63, 3.8) is 0 Å². The van der Waals surface area contributed by atoms with Crippen molar-refractivity contribution >= 4 is 5.69 Å². The number of rotatable bonds is 8. The van der Waals surface area contributed by atoms with Gasteiger partial charge in [-0.2, -0.15) is 0 Å². The normalized spacial score (nSPS) is 11.4. The molecule has 0 aliphatic rings. The number of pyridine rings is 1. The Morgan fingerprint density at radius 3 is 2.16 bits per heavy atom. The predicted molar refractivity (Wildman–Crippen MR) is 81.7 cm³/mol. The molecule has 0 amide bonds. The number of nitrogens with zero attached hydrogens (tertiary/aromatic N) is 1. The quantitative estimate of drug-likeness (QED) is 0.758. The summed E-state index contributed by atoms with van der Waals surface area (Å²) in [6.45, 7) is 11.7. The summed E-state index contributed by atoms with van der Waals surface area (Å²) in [5.41, 5.74) is 1.08. The first-order chi connectivity index (χ1) is 9.01. The number of hydrogen-bond acceptors (Lipinski definition) is 3. The number of anilines is 1. The highest BCUT2D eigenvalue weighted by atomic mass is 16.5. The third-order valence-electron chi connectivity index (χ3n) is 2.91. The van der Waals surface area contributed by atoms with E-state index in [1.54, 1.807) is 0 Å². The Labute approximate surface area is 117 Å². The first kappa shape index (κ1) is 15.8. The third-order valence-corrected chi connectivity index (χ3v) is 2.91. The van der Waals surface area contributed by atoms with E-state index in [-0.39, 0.29) is 0 Å². The van der Waals surface area contributed by atoms with Crippen molar-refractivity contribution in [2.75, 3.05) is 11.9 Å². The average Bonchev–Trinajstić information content (AvgIpc) is 2.30. The molecule has 0 aliphatic carbocycles. The van der Waals surface area contributed by atoms with E-state index in [0.29, 0.717) is 30.4 Å². The molecule has 0 bridgehead atoms. The summed E-state index contributed by atoms with van der Waals surface area (Å²) in [7, 11) is 0. The monoisotopic (exact) mass is 264 g/mol. The van der Waals surface area contributed by atoms with Gasteiger partial charge in [0.15, 0.2) is 0 Å². The lowest BCUT2D eigenvalue weighted by atomic mass is 9.95. The maximum absolute atomic E-state index is 5.36. The Kier molecular flexibility index (Phi) is 6.68. The number of hydrogen-bond donors (Lipinski definition) is 1. The fourth-order valence-corrected chi connectivity index (χ4v) is 2.29. The van der Waals surface area contributed by atoms with Gasteiger partial charge in [-0.1, -0.05) is 27.7 Å². The number of ether oxygens (including phenoxy) is 1. The molecule has 1 aromatic heterocycles. The molecule has 0 fully saturated rings. The highest BCUT2D eigenvalue weighted by molar-refractivity contribution is 5.43. The SMILES string of the molecule is CCOc1ccc(NC(CC(C)C)CC(C)C)cn1. The Bertz CT molecular complexity index is 336. The maximum atomic E-state index is 5.36. The second-order valence-corrected chi connectivity index (χ2v) is 5.92. The van der Waals surface area contributed by atoms with E-state index >= 15 is 0 Å². The molecule has 1 rings (SSSR count). The van der Waals surface area contributed by atoms with Crippen LogP contribution in [-0.2, 0) is 0 Å². The van der Waals surface area contributed by atoms with Crippen LogP contribution in [0.25, 0.3) is 0 Å². The average molecular weight is 264 g/mol. The van der Waals surface area contributed by atoms with Crippen LogP contribution in [0.2, 0.25) is 0 Å². The van der Waals surface area contributed by atoms with Crippen LogP contribution in [0, 0.1) is 11.8 Å². The van der Waals surface area contributed by atoms with Gasteiger partial charge in [0.1, 0.15) is 0 Å². The first-order valence-electron chi connectivity index (χ1n) is 7.36. The summed E-state index contributed by atoms with van der Waals surface area (Å²) >= 11 is 0. The molecule has 0 aliphatic heterocycles. The predicted octanol–water partition coefficient (Wildman–Crippen LogP) is 4.35. The molecule has 0 radical (unpaired) electrons. The van der Waals surface area contributed by atoms with E-state index in [9.17, 15) is 0 Å². The molecule has 19 heavy (non-hydrogen) atoms. The Hall–Kier alpha value is -1.25. The molecule has 0 saturated carbocycles. The lowest BCUT2D eigenvalue weighted by Gasteiger charge is -2.23. The highest BCUT2D eigenvalue weighted by Crippen LogP contribution is 2.19. The van der Waals surface area contributed by atoms with Gasteiger partial charge >= 0.3 is 0 Å². The number of nitrogens with one attached hydrogen (secondary N) is 1. The Morgan fingerprint density at radius 1 is 1.11 bits per heavy atom. The van der Waals surface area contributed by atoms with E-state index in [4.69, 9.17) is 4.74 Å². The van der Waals surface area contributed by atoms with Crippen LogP contribution >= 0.6 is 0 Å². The molecule has 108 valence electrons. The summed E-state index contributed by atoms with van der Waals surface area (Å²) < 4.78 is 5.36. The van der Waals surface area contributed by atoms with Crippen molar-refractivity contribution in [2.45, 2.75) is 53.5 Å². The first-order valence-corrected chi connectivity index (χ1v) is 7.36. The van der Waals surface area contributed by atoms with E-state index in [2.05, 4.69) is 38.0 Å². The molecule has 0 unspecified atom stereocenters. The Balaban J connectivity index is 2.61. The summed E-state index contributed by atoms with van der Waals surface area (Å²) in [6.07, 6.45) is 4.23. The molecule has 0 atom stereocenters. The fourth-order valence-electron chi connectivity index (χ4n) is 2.29. The van der Waals surface area contributed by atoms with Crippen LogP contribution in [0.5, 0.6) is 5.88 Å². The topological polar surface area (TPSA) is 34.1 Å². The van der Waals surface area contributed by atoms with Crippen molar-refractivity contribution < 1.29 is 4.74 Å². The molecule has 0 aromatic carbocycles. The molecule has 3 heteroatoms. The minimum Gasteiger partial charge on any atom is -0.478 e. The molecule has 3 nitrogen and oxygen atoms in total. The van der Waals surface area contributed by atoms with Crippen LogP contribution in [0.1, 0.15) is 47.5 Å². The fraction of sp³-hybridized carbons (Fsp3) is 0.688. The zero-order chi connectivity index (χ0) is 14.3. The minimum absolute atomic E-state index is 0.514. The van der Waals surface area contributed by atoms with Gasteiger partial charge in [0.2, 0.25) is 5.88 Å².